The van der Waals surface area contributed by atoms with E-state index in [1.165, 1.54) is 0 Å². The van der Waals surface area contributed by atoms with Gasteiger partial charge in [0.05, 0.1) is 19.8 Å². The normalized spacial score (nSPS) is 16.3. The lowest BCUT2D eigenvalue weighted by molar-refractivity contribution is -0.137. The van der Waals surface area contributed by atoms with E-state index in [4.69, 9.17) is 13.9 Å². The van der Waals surface area contributed by atoms with E-state index < -0.39 is 0 Å². The molecule has 1 aromatic heterocycles. The third-order valence-electron chi connectivity index (χ3n) is 2.51. The van der Waals surface area contributed by atoms with E-state index in [1.54, 1.807) is 0 Å². The zero-order valence-electron chi connectivity index (χ0n) is 9.70. The number of rotatable bonds is 7. The van der Waals surface area contributed by atoms with Crippen LogP contribution >= 0.6 is 0 Å². The van der Waals surface area contributed by atoms with Gasteiger partial charge in [-0.3, -0.25) is 0 Å². The predicted octanol–water partition coefficient (Wildman–Crippen LogP) is 1.69. The van der Waals surface area contributed by atoms with Crippen molar-refractivity contribution in [1.29, 1.82) is 0 Å². The van der Waals surface area contributed by atoms with Crippen molar-refractivity contribution in [2.75, 3.05) is 19.8 Å². The lowest BCUT2D eigenvalue weighted by Crippen LogP contribution is -2.35. The Morgan fingerprint density at radius 1 is 1.38 bits per heavy atom. The Morgan fingerprint density at radius 2 is 2.19 bits per heavy atom. The Kier molecular flexibility index (Phi) is 4.39. The highest BCUT2D eigenvalue weighted by Crippen LogP contribution is 2.12. The summed E-state index contributed by atoms with van der Waals surface area (Å²) in [7, 11) is 0. The van der Waals surface area contributed by atoms with Crippen molar-refractivity contribution >= 4 is 0 Å². The van der Waals surface area contributed by atoms with E-state index in [0.29, 0.717) is 19.8 Å². The van der Waals surface area contributed by atoms with Gasteiger partial charge in [0.1, 0.15) is 24.2 Å². The Bertz CT molecular complexity index is 307. The second-order valence-electron chi connectivity index (χ2n) is 4.02. The summed E-state index contributed by atoms with van der Waals surface area (Å²) in [6.07, 6.45) is 1.39. The number of hydrogen-bond donors (Lipinski definition) is 1. The SMILES string of the molecule is CCCNCc1ccc(COC2COC2)o1. The Balaban J connectivity index is 1.68. The number of nitrogens with one attached hydrogen (secondary N) is 1. The van der Waals surface area contributed by atoms with Crippen LogP contribution in [0, 0.1) is 0 Å². The van der Waals surface area contributed by atoms with Crippen molar-refractivity contribution in [2.24, 2.45) is 0 Å². The van der Waals surface area contributed by atoms with Crippen molar-refractivity contribution in [3.8, 4) is 0 Å². The van der Waals surface area contributed by atoms with Crippen LogP contribution in [-0.4, -0.2) is 25.9 Å². The zero-order valence-corrected chi connectivity index (χ0v) is 9.70. The first kappa shape index (κ1) is 11.6. The fourth-order valence-electron chi connectivity index (χ4n) is 1.49. The highest BCUT2D eigenvalue weighted by atomic mass is 16.6. The van der Waals surface area contributed by atoms with Crippen LogP contribution in [0.15, 0.2) is 16.5 Å². The molecule has 4 heteroatoms. The van der Waals surface area contributed by atoms with Gasteiger partial charge in [-0.2, -0.15) is 0 Å². The van der Waals surface area contributed by atoms with Crippen molar-refractivity contribution in [3.63, 3.8) is 0 Å². The quantitative estimate of drug-likeness (QED) is 0.717. The molecule has 0 saturated carbocycles. The lowest BCUT2D eigenvalue weighted by Gasteiger charge is -2.25. The van der Waals surface area contributed by atoms with Crippen LogP contribution in [0.25, 0.3) is 0 Å². The summed E-state index contributed by atoms with van der Waals surface area (Å²) < 4.78 is 16.2. The van der Waals surface area contributed by atoms with Gasteiger partial charge in [-0.25, -0.2) is 0 Å². The zero-order chi connectivity index (χ0) is 11.2. The molecule has 2 heterocycles. The highest BCUT2D eigenvalue weighted by molar-refractivity contribution is 5.06. The first-order chi connectivity index (χ1) is 7.88. The molecule has 4 nitrogen and oxygen atoms in total. The smallest absolute Gasteiger partial charge is 0.129 e. The molecule has 0 atom stereocenters. The monoisotopic (exact) mass is 225 g/mol. The fourth-order valence-corrected chi connectivity index (χ4v) is 1.49. The molecule has 0 aromatic carbocycles. The first-order valence-corrected chi connectivity index (χ1v) is 5.86. The molecule has 0 amide bonds. The van der Waals surface area contributed by atoms with Crippen molar-refractivity contribution in [3.05, 3.63) is 23.7 Å². The maximum Gasteiger partial charge on any atom is 0.129 e. The molecule has 0 spiro atoms. The van der Waals surface area contributed by atoms with E-state index in [2.05, 4.69) is 12.2 Å². The molecule has 1 aromatic rings. The summed E-state index contributed by atoms with van der Waals surface area (Å²) >= 11 is 0. The number of furan rings is 1. The van der Waals surface area contributed by atoms with E-state index in [-0.39, 0.29) is 6.10 Å². The summed E-state index contributed by atoms with van der Waals surface area (Å²) in [6.45, 7) is 5.93. The van der Waals surface area contributed by atoms with Gasteiger partial charge < -0.3 is 19.2 Å². The highest BCUT2D eigenvalue weighted by Gasteiger charge is 2.19. The Hall–Kier alpha value is -0.840. The largest absolute Gasteiger partial charge is 0.462 e. The van der Waals surface area contributed by atoms with Crippen LogP contribution in [-0.2, 0) is 22.6 Å². The molecule has 0 aliphatic carbocycles. The molecular weight excluding hydrogens is 206 g/mol. The van der Waals surface area contributed by atoms with Gasteiger partial charge in [-0.15, -0.1) is 0 Å². The molecule has 2 rings (SSSR count). The summed E-state index contributed by atoms with van der Waals surface area (Å²) in [6, 6.07) is 3.97. The maximum atomic E-state index is 5.62. The van der Waals surface area contributed by atoms with Gasteiger partial charge in [0.15, 0.2) is 0 Å². The van der Waals surface area contributed by atoms with Crippen LogP contribution in [0.2, 0.25) is 0 Å². The summed E-state index contributed by atoms with van der Waals surface area (Å²) in [5.41, 5.74) is 0. The van der Waals surface area contributed by atoms with Crippen LogP contribution in [0.5, 0.6) is 0 Å². The number of hydrogen-bond acceptors (Lipinski definition) is 4. The average Bonchev–Trinajstić information content (AvgIpc) is 2.64. The average molecular weight is 225 g/mol. The standard InChI is InChI=1S/C12H19NO3/c1-2-5-13-6-10-3-4-11(16-10)9-15-12-7-14-8-12/h3-4,12-13H,2,5-9H2,1H3. The summed E-state index contributed by atoms with van der Waals surface area (Å²) in [5.74, 6) is 1.86. The number of ether oxygens (including phenoxy) is 2. The molecule has 1 N–H and O–H groups in total. The molecule has 1 saturated heterocycles. The van der Waals surface area contributed by atoms with E-state index >= 15 is 0 Å². The predicted molar refractivity (Wildman–Crippen MR) is 60.1 cm³/mol. The van der Waals surface area contributed by atoms with E-state index in [9.17, 15) is 0 Å². The van der Waals surface area contributed by atoms with Crippen LogP contribution in [0.1, 0.15) is 24.9 Å². The van der Waals surface area contributed by atoms with E-state index in [0.717, 1.165) is 31.0 Å². The minimum Gasteiger partial charge on any atom is -0.462 e. The third-order valence-corrected chi connectivity index (χ3v) is 2.51. The molecule has 1 fully saturated rings. The third kappa shape index (κ3) is 3.33. The van der Waals surface area contributed by atoms with Crippen LogP contribution in [0.3, 0.4) is 0 Å². The van der Waals surface area contributed by atoms with Gasteiger partial charge in [0, 0.05) is 0 Å². The second-order valence-corrected chi connectivity index (χ2v) is 4.02. The minimum atomic E-state index is 0.256. The maximum absolute atomic E-state index is 5.62. The Morgan fingerprint density at radius 3 is 2.88 bits per heavy atom. The Labute approximate surface area is 95.9 Å². The van der Waals surface area contributed by atoms with E-state index in [1.807, 2.05) is 12.1 Å². The van der Waals surface area contributed by atoms with Gasteiger partial charge >= 0.3 is 0 Å². The van der Waals surface area contributed by atoms with Gasteiger partial charge in [0.25, 0.3) is 0 Å². The molecule has 16 heavy (non-hydrogen) atoms. The molecule has 0 unspecified atom stereocenters. The summed E-state index contributed by atoms with van der Waals surface area (Å²) in [5, 5.41) is 3.30. The molecule has 90 valence electrons. The molecule has 0 bridgehead atoms. The van der Waals surface area contributed by atoms with Gasteiger partial charge in [-0.1, -0.05) is 6.92 Å². The first-order valence-electron chi connectivity index (χ1n) is 5.86. The van der Waals surface area contributed by atoms with Gasteiger partial charge in [-0.05, 0) is 25.1 Å². The molecular formula is C12H19NO3. The molecule has 1 aliphatic heterocycles. The molecule has 1 aliphatic rings. The van der Waals surface area contributed by atoms with Crippen molar-refractivity contribution in [2.45, 2.75) is 32.6 Å². The second kappa shape index (κ2) is 6.03. The minimum absolute atomic E-state index is 0.256. The van der Waals surface area contributed by atoms with Crippen LogP contribution in [0.4, 0.5) is 0 Å². The lowest BCUT2D eigenvalue weighted by atomic mass is 10.3. The summed E-state index contributed by atoms with van der Waals surface area (Å²) in [4.78, 5) is 0. The van der Waals surface area contributed by atoms with Gasteiger partial charge in [0.2, 0.25) is 0 Å². The fraction of sp³-hybridized carbons (Fsp3) is 0.667. The molecule has 0 radical (unpaired) electrons. The van der Waals surface area contributed by atoms with Crippen molar-refractivity contribution < 1.29 is 13.9 Å². The van der Waals surface area contributed by atoms with Crippen molar-refractivity contribution in [1.82, 2.24) is 5.32 Å². The topological polar surface area (TPSA) is 43.6 Å². The van der Waals surface area contributed by atoms with Crippen LogP contribution < -0.4 is 5.32 Å².